The second-order valence-electron chi connectivity index (χ2n) is 5.64. The quantitative estimate of drug-likeness (QED) is 0.809. The Bertz CT molecular complexity index is 554. The topological polar surface area (TPSA) is 32.3 Å². The van der Waals surface area contributed by atoms with E-state index in [4.69, 9.17) is 0 Å². The van der Waals surface area contributed by atoms with Gasteiger partial charge in [0.1, 0.15) is 5.82 Å². The lowest BCUT2D eigenvalue weighted by Gasteiger charge is -2.42. The van der Waals surface area contributed by atoms with Crippen LogP contribution in [0.2, 0.25) is 0 Å². The third-order valence-corrected chi connectivity index (χ3v) is 3.56. The van der Waals surface area contributed by atoms with Crippen molar-refractivity contribution >= 4 is 5.91 Å². The summed E-state index contributed by atoms with van der Waals surface area (Å²) in [6.07, 6.45) is -4.82. The molecule has 1 heterocycles. The fraction of sp³-hybridized carbons (Fsp3) is 0.500. The largest absolute Gasteiger partial charge is 0.419 e. The van der Waals surface area contributed by atoms with Gasteiger partial charge in [0.05, 0.1) is 11.1 Å². The van der Waals surface area contributed by atoms with Crippen LogP contribution in [-0.4, -0.2) is 36.0 Å². The zero-order valence-corrected chi connectivity index (χ0v) is 11.7. The van der Waals surface area contributed by atoms with Gasteiger partial charge in [-0.15, -0.1) is 0 Å². The normalized spacial score (nSPS) is 18.7. The fourth-order valence-corrected chi connectivity index (χ4v) is 2.39. The molecule has 1 aromatic carbocycles. The Hall–Kier alpha value is -1.63. The molecule has 3 nitrogen and oxygen atoms in total. The van der Waals surface area contributed by atoms with Crippen LogP contribution in [0, 0.1) is 5.82 Å². The first-order valence-electron chi connectivity index (χ1n) is 6.52. The maximum atomic E-state index is 13.3. The number of hydrogen-bond acceptors (Lipinski definition) is 2. The Balaban J connectivity index is 2.36. The van der Waals surface area contributed by atoms with Crippen LogP contribution in [0.5, 0.6) is 0 Å². The van der Waals surface area contributed by atoms with Gasteiger partial charge in [-0.1, -0.05) is 0 Å². The maximum absolute atomic E-state index is 13.3. The first kappa shape index (κ1) is 15.8. The highest BCUT2D eigenvalue weighted by atomic mass is 19.4. The fourth-order valence-electron chi connectivity index (χ4n) is 2.39. The highest BCUT2D eigenvalue weighted by Gasteiger charge is 2.37. The van der Waals surface area contributed by atoms with E-state index in [0.29, 0.717) is 31.8 Å². The van der Waals surface area contributed by atoms with Crippen LogP contribution in [0.1, 0.15) is 29.8 Å². The molecule has 116 valence electrons. The Kier molecular flexibility index (Phi) is 3.97. The van der Waals surface area contributed by atoms with Gasteiger partial charge in [0.2, 0.25) is 0 Å². The van der Waals surface area contributed by atoms with E-state index in [1.807, 2.05) is 13.8 Å². The monoisotopic (exact) mass is 304 g/mol. The summed E-state index contributed by atoms with van der Waals surface area (Å²) in [5.74, 6) is -1.90. The van der Waals surface area contributed by atoms with Crippen LogP contribution in [0.15, 0.2) is 18.2 Å². The number of benzene rings is 1. The number of halogens is 4. The van der Waals surface area contributed by atoms with Gasteiger partial charge in [0.15, 0.2) is 0 Å². The third kappa shape index (κ3) is 3.18. The molecule has 0 radical (unpaired) electrons. The number of rotatable bonds is 1. The van der Waals surface area contributed by atoms with Crippen molar-refractivity contribution in [2.75, 3.05) is 19.6 Å². The van der Waals surface area contributed by atoms with E-state index >= 15 is 0 Å². The highest BCUT2D eigenvalue weighted by molar-refractivity contribution is 5.95. The van der Waals surface area contributed by atoms with E-state index in [1.54, 1.807) is 0 Å². The number of piperazine rings is 1. The Morgan fingerprint density at radius 2 is 2.00 bits per heavy atom. The van der Waals surface area contributed by atoms with E-state index in [1.165, 1.54) is 4.90 Å². The predicted molar refractivity (Wildman–Crippen MR) is 69.4 cm³/mol. The second-order valence-corrected chi connectivity index (χ2v) is 5.64. The van der Waals surface area contributed by atoms with Gasteiger partial charge < -0.3 is 10.2 Å². The van der Waals surface area contributed by atoms with Crippen molar-refractivity contribution in [2.24, 2.45) is 0 Å². The van der Waals surface area contributed by atoms with Crippen molar-refractivity contribution in [2.45, 2.75) is 25.6 Å². The minimum absolute atomic E-state index is 0.154. The van der Waals surface area contributed by atoms with Gasteiger partial charge in [-0.05, 0) is 32.0 Å². The number of alkyl halides is 3. The minimum Gasteiger partial charge on any atom is -0.331 e. The molecule has 1 amide bonds. The predicted octanol–water partition coefficient (Wildman–Crippen LogP) is 2.67. The SMILES string of the molecule is CC1(C)CNCCN1C(=O)c1ccc(F)c(C(F)(F)F)c1. The summed E-state index contributed by atoms with van der Waals surface area (Å²) in [5, 5.41) is 3.12. The van der Waals surface area contributed by atoms with E-state index in [-0.39, 0.29) is 5.56 Å². The van der Waals surface area contributed by atoms with Crippen molar-refractivity contribution < 1.29 is 22.4 Å². The van der Waals surface area contributed by atoms with E-state index in [0.717, 1.165) is 6.07 Å². The zero-order valence-electron chi connectivity index (χ0n) is 11.7. The van der Waals surface area contributed by atoms with E-state index in [9.17, 15) is 22.4 Å². The average Bonchev–Trinajstić information content (AvgIpc) is 2.36. The first-order chi connectivity index (χ1) is 9.63. The molecule has 0 aromatic heterocycles. The van der Waals surface area contributed by atoms with Gasteiger partial charge >= 0.3 is 6.18 Å². The van der Waals surface area contributed by atoms with Crippen molar-refractivity contribution in [3.05, 3.63) is 35.1 Å². The summed E-state index contributed by atoms with van der Waals surface area (Å²) in [6.45, 7) is 5.16. The van der Waals surface area contributed by atoms with Gasteiger partial charge in [0, 0.05) is 25.2 Å². The summed E-state index contributed by atoms with van der Waals surface area (Å²) in [7, 11) is 0. The summed E-state index contributed by atoms with van der Waals surface area (Å²) >= 11 is 0. The summed E-state index contributed by atoms with van der Waals surface area (Å²) < 4.78 is 51.4. The molecule has 1 saturated heterocycles. The zero-order chi connectivity index (χ0) is 15.8. The van der Waals surface area contributed by atoms with Crippen LogP contribution < -0.4 is 5.32 Å². The molecule has 0 aliphatic carbocycles. The Morgan fingerprint density at radius 1 is 1.33 bits per heavy atom. The number of hydrogen-bond donors (Lipinski definition) is 1. The Labute approximate surface area is 119 Å². The molecule has 1 aliphatic rings. The summed E-state index contributed by atoms with van der Waals surface area (Å²) in [4.78, 5) is 13.9. The van der Waals surface area contributed by atoms with Crippen molar-refractivity contribution in [3.63, 3.8) is 0 Å². The molecule has 1 fully saturated rings. The van der Waals surface area contributed by atoms with Gasteiger partial charge in [0.25, 0.3) is 5.91 Å². The molecule has 1 aromatic rings. The number of carbonyl (C=O) groups excluding carboxylic acids is 1. The molecular formula is C14H16F4N2O. The molecule has 7 heteroatoms. The number of amides is 1. The second kappa shape index (κ2) is 5.29. The van der Waals surface area contributed by atoms with Crippen LogP contribution in [0.25, 0.3) is 0 Å². The average molecular weight is 304 g/mol. The van der Waals surface area contributed by atoms with E-state index < -0.39 is 29.0 Å². The van der Waals surface area contributed by atoms with Crippen LogP contribution >= 0.6 is 0 Å². The van der Waals surface area contributed by atoms with Crippen LogP contribution in [0.4, 0.5) is 17.6 Å². The lowest BCUT2D eigenvalue weighted by molar-refractivity contribution is -0.140. The Morgan fingerprint density at radius 3 is 2.57 bits per heavy atom. The van der Waals surface area contributed by atoms with Crippen LogP contribution in [-0.2, 0) is 6.18 Å². The van der Waals surface area contributed by atoms with Gasteiger partial charge in [-0.2, -0.15) is 13.2 Å². The lowest BCUT2D eigenvalue weighted by atomic mass is 9.98. The first-order valence-corrected chi connectivity index (χ1v) is 6.52. The molecule has 21 heavy (non-hydrogen) atoms. The standard InChI is InChI=1S/C14H16F4N2O/c1-13(2)8-19-5-6-20(13)12(21)9-3-4-11(15)10(7-9)14(16,17)18/h3-4,7,19H,5-6,8H2,1-2H3. The van der Waals surface area contributed by atoms with Crippen molar-refractivity contribution in [3.8, 4) is 0 Å². The number of nitrogens with zero attached hydrogens (tertiary/aromatic N) is 1. The summed E-state index contributed by atoms with van der Waals surface area (Å²) in [5.41, 5.74) is -2.08. The number of carbonyl (C=O) groups is 1. The maximum Gasteiger partial charge on any atom is 0.419 e. The molecule has 0 atom stereocenters. The molecule has 0 spiro atoms. The summed E-state index contributed by atoms with van der Waals surface area (Å²) in [6, 6.07) is 2.35. The van der Waals surface area contributed by atoms with E-state index in [2.05, 4.69) is 5.32 Å². The minimum atomic E-state index is -4.82. The smallest absolute Gasteiger partial charge is 0.331 e. The molecule has 0 saturated carbocycles. The van der Waals surface area contributed by atoms with Gasteiger partial charge in [-0.3, -0.25) is 4.79 Å². The highest BCUT2D eigenvalue weighted by Crippen LogP contribution is 2.32. The van der Waals surface area contributed by atoms with Gasteiger partial charge in [-0.25, -0.2) is 4.39 Å². The van der Waals surface area contributed by atoms with Crippen molar-refractivity contribution in [1.82, 2.24) is 10.2 Å². The van der Waals surface area contributed by atoms with Crippen molar-refractivity contribution in [1.29, 1.82) is 0 Å². The van der Waals surface area contributed by atoms with Crippen LogP contribution in [0.3, 0.4) is 0 Å². The third-order valence-electron chi connectivity index (χ3n) is 3.56. The molecule has 1 aliphatic heterocycles. The number of nitrogens with one attached hydrogen (secondary N) is 1. The molecule has 2 rings (SSSR count). The lowest BCUT2D eigenvalue weighted by Crippen LogP contribution is -2.59. The molecule has 1 N–H and O–H groups in total. The molecular weight excluding hydrogens is 288 g/mol. The molecule has 0 unspecified atom stereocenters. The molecule has 0 bridgehead atoms.